The van der Waals surface area contributed by atoms with Gasteiger partial charge >= 0.3 is 0 Å². The molecule has 0 unspecified atom stereocenters. The second kappa shape index (κ2) is 9.30. The van der Waals surface area contributed by atoms with Gasteiger partial charge in [0, 0.05) is 14.5 Å². The third-order valence-electron chi connectivity index (χ3n) is 4.81. The predicted octanol–water partition coefficient (Wildman–Crippen LogP) is 8.01. The van der Waals surface area contributed by atoms with E-state index < -0.39 is 0 Å². The van der Waals surface area contributed by atoms with Crippen LogP contribution in [-0.4, -0.2) is 0 Å². The summed E-state index contributed by atoms with van der Waals surface area (Å²) >= 11 is 6.96. The van der Waals surface area contributed by atoms with E-state index >= 15 is 0 Å². The topological polar surface area (TPSA) is 33.0 Å². The quantitative estimate of drug-likeness (QED) is 0.198. The van der Waals surface area contributed by atoms with Gasteiger partial charge in [-0.05, 0) is 58.3 Å². The highest BCUT2D eigenvalue weighted by Gasteiger charge is 2.08. The van der Waals surface area contributed by atoms with Crippen molar-refractivity contribution in [3.8, 4) is 11.8 Å². The van der Waals surface area contributed by atoms with Gasteiger partial charge in [0.05, 0.1) is 11.6 Å². The summed E-state index contributed by atoms with van der Waals surface area (Å²) in [7, 11) is 0. The van der Waals surface area contributed by atoms with Crippen LogP contribution in [-0.2, 0) is 6.61 Å². The minimum atomic E-state index is 0.448. The van der Waals surface area contributed by atoms with Crippen LogP contribution in [0.2, 0.25) is 0 Å². The number of hydrogen-bond acceptors (Lipinski definition) is 2. The van der Waals surface area contributed by atoms with Crippen LogP contribution >= 0.6 is 31.9 Å². The number of halogens is 2. The van der Waals surface area contributed by atoms with Crippen molar-refractivity contribution in [3.05, 3.63) is 111 Å². The summed E-state index contributed by atoms with van der Waals surface area (Å²) in [5.41, 5.74) is 3.42. The first-order valence-corrected chi connectivity index (χ1v) is 11.0. The summed E-state index contributed by atoms with van der Waals surface area (Å²) in [5, 5.41) is 12.1. The molecule has 0 saturated heterocycles. The van der Waals surface area contributed by atoms with E-state index in [1.807, 2.05) is 66.7 Å². The molecule has 0 fully saturated rings. The first-order chi connectivity index (χ1) is 14.6. The number of nitriles is 1. The second-order valence-corrected chi connectivity index (χ2v) is 8.62. The maximum absolute atomic E-state index is 9.71. The second-order valence-electron chi connectivity index (χ2n) is 6.79. The molecular formula is C26H17Br2NO. The fourth-order valence-electron chi connectivity index (χ4n) is 3.30. The highest BCUT2D eigenvalue weighted by molar-refractivity contribution is 9.10. The van der Waals surface area contributed by atoms with Gasteiger partial charge in [-0.1, -0.05) is 86.5 Å². The lowest BCUT2D eigenvalue weighted by atomic mass is 10.0. The summed E-state index contributed by atoms with van der Waals surface area (Å²) in [6, 6.07) is 30.4. The molecule has 0 aliphatic carbocycles. The highest BCUT2D eigenvalue weighted by atomic mass is 79.9. The lowest BCUT2D eigenvalue weighted by Crippen LogP contribution is -1.98. The number of benzene rings is 4. The van der Waals surface area contributed by atoms with Crippen LogP contribution in [0.1, 0.15) is 16.7 Å². The summed E-state index contributed by atoms with van der Waals surface area (Å²) in [4.78, 5) is 0. The van der Waals surface area contributed by atoms with E-state index in [1.54, 1.807) is 0 Å². The number of nitrogens with zero attached hydrogens (tertiary/aromatic N) is 1. The van der Waals surface area contributed by atoms with Crippen LogP contribution in [0.15, 0.2) is 93.9 Å². The van der Waals surface area contributed by atoms with Gasteiger partial charge in [0.2, 0.25) is 0 Å². The van der Waals surface area contributed by atoms with E-state index in [9.17, 15) is 5.26 Å². The summed E-state index contributed by atoms with van der Waals surface area (Å²) in [6.07, 6.45) is 1.87. The van der Waals surface area contributed by atoms with Crippen LogP contribution in [0, 0.1) is 11.3 Å². The number of allylic oxidation sites excluding steroid dienone is 1. The zero-order valence-electron chi connectivity index (χ0n) is 16.0. The Labute approximate surface area is 192 Å². The van der Waals surface area contributed by atoms with Crippen molar-refractivity contribution in [2.45, 2.75) is 6.61 Å². The van der Waals surface area contributed by atoms with Gasteiger partial charge in [-0.25, -0.2) is 0 Å². The Hall–Kier alpha value is -2.87. The lowest BCUT2D eigenvalue weighted by Gasteiger charge is -2.12. The van der Waals surface area contributed by atoms with Gasteiger partial charge in [0.1, 0.15) is 12.4 Å². The smallest absolute Gasteiger partial charge is 0.127 e. The van der Waals surface area contributed by atoms with E-state index in [-0.39, 0.29) is 0 Å². The van der Waals surface area contributed by atoms with E-state index in [2.05, 4.69) is 62.2 Å². The van der Waals surface area contributed by atoms with E-state index in [0.717, 1.165) is 31.4 Å². The Bertz CT molecular complexity index is 1270. The first-order valence-electron chi connectivity index (χ1n) is 9.41. The van der Waals surface area contributed by atoms with Crippen LogP contribution in [0.3, 0.4) is 0 Å². The zero-order chi connectivity index (χ0) is 20.9. The Morgan fingerprint density at radius 3 is 2.40 bits per heavy atom. The fourth-order valence-corrected chi connectivity index (χ4v) is 3.95. The minimum Gasteiger partial charge on any atom is -0.488 e. The van der Waals surface area contributed by atoms with Crippen molar-refractivity contribution < 1.29 is 4.74 Å². The third-order valence-corrected chi connectivity index (χ3v) is 5.83. The van der Waals surface area contributed by atoms with Gasteiger partial charge in [0.25, 0.3) is 0 Å². The fraction of sp³-hybridized carbons (Fsp3) is 0.0385. The monoisotopic (exact) mass is 517 g/mol. The maximum atomic E-state index is 9.71. The van der Waals surface area contributed by atoms with Crippen molar-refractivity contribution in [2.24, 2.45) is 0 Å². The molecule has 0 amide bonds. The van der Waals surface area contributed by atoms with Gasteiger partial charge in [0.15, 0.2) is 0 Å². The molecule has 0 saturated carbocycles. The van der Waals surface area contributed by atoms with Gasteiger partial charge in [-0.3, -0.25) is 0 Å². The molecule has 0 heterocycles. The summed E-state index contributed by atoms with van der Waals surface area (Å²) in [6.45, 7) is 0.448. The van der Waals surface area contributed by atoms with Crippen LogP contribution < -0.4 is 4.74 Å². The van der Waals surface area contributed by atoms with Crippen molar-refractivity contribution in [1.29, 1.82) is 5.26 Å². The van der Waals surface area contributed by atoms with Crippen LogP contribution in [0.25, 0.3) is 22.4 Å². The molecule has 30 heavy (non-hydrogen) atoms. The molecule has 0 radical (unpaired) electrons. The molecule has 0 N–H and O–H groups in total. The third kappa shape index (κ3) is 4.64. The van der Waals surface area contributed by atoms with Crippen molar-refractivity contribution in [3.63, 3.8) is 0 Å². The van der Waals surface area contributed by atoms with Crippen molar-refractivity contribution in [1.82, 2.24) is 0 Å². The normalized spacial score (nSPS) is 11.3. The molecule has 4 aromatic carbocycles. The highest BCUT2D eigenvalue weighted by Crippen LogP contribution is 2.29. The Morgan fingerprint density at radius 2 is 1.60 bits per heavy atom. The molecule has 0 aliphatic heterocycles. The number of hydrogen-bond donors (Lipinski definition) is 0. The van der Waals surface area contributed by atoms with E-state index in [4.69, 9.17) is 4.74 Å². The summed E-state index contributed by atoms with van der Waals surface area (Å²) in [5.74, 6) is 0.732. The number of rotatable bonds is 5. The standard InChI is InChI=1S/C26H17Br2NO/c27-23-10-8-18(9-11-23)22(16-29)14-21-15-24(28)12-13-26(21)30-17-20-6-3-5-19-4-1-2-7-25(19)20/h1-15H,17H2/b22-14+. The maximum Gasteiger partial charge on any atom is 0.127 e. The molecule has 0 aliphatic rings. The molecule has 146 valence electrons. The average molecular weight is 519 g/mol. The largest absolute Gasteiger partial charge is 0.488 e. The van der Waals surface area contributed by atoms with Gasteiger partial charge < -0.3 is 4.74 Å². The SMILES string of the molecule is N#C/C(=C\c1cc(Br)ccc1OCc1cccc2ccccc12)c1ccc(Br)cc1. The Kier molecular flexibility index (Phi) is 6.32. The molecule has 4 aromatic rings. The molecule has 0 atom stereocenters. The molecule has 2 nitrogen and oxygen atoms in total. The van der Waals surface area contributed by atoms with Gasteiger partial charge in [-0.2, -0.15) is 5.26 Å². The van der Waals surface area contributed by atoms with Crippen LogP contribution in [0.4, 0.5) is 0 Å². The lowest BCUT2D eigenvalue weighted by molar-refractivity contribution is 0.307. The first kappa shape index (κ1) is 20.4. The van der Waals surface area contributed by atoms with E-state index in [1.165, 1.54) is 10.8 Å². The zero-order valence-corrected chi connectivity index (χ0v) is 19.2. The van der Waals surface area contributed by atoms with E-state index in [0.29, 0.717) is 12.2 Å². The average Bonchev–Trinajstić information content (AvgIpc) is 2.77. The molecular weight excluding hydrogens is 502 g/mol. The van der Waals surface area contributed by atoms with Gasteiger partial charge in [-0.15, -0.1) is 0 Å². The summed E-state index contributed by atoms with van der Waals surface area (Å²) < 4.78 is 8.11. The molecule has 0 spiro atoms. The molecule has 0 aromatic heterocycles. The number of fused-ring (bicyclic) bond motifs is 1. The van der Waals surface area contributed by atoms with Crippen molar-refractivity contribution >= 4 is 54.3 Å². The minimum absolute atomic E-state index is 0.448. The molecule has 4 rings (SSSR count). The molecule has 0 bridgehead atoms. The predicted molar refractivity (Wildman–Crippen MR) is 130 cm³/mol. The van der Waals surface area contributed by atoms with Crippen LogP contribution in [0.5, 0.6) is 5.75 Å². The Balaban J connectivity index is 1.66. The van der Waals surface area contributed by atoms with Crippen molar-refractivity contribution in [2.75, 3.05) is 0 Å². The number of ether oxygens (including phenoxy) is 1. The molecule has 4 heteroatoms. The Morgan fingerprint density at radius 1 is 0.867 bits per heavy atom.